The van der Waals surface area contributed by atoms with Crippen LogP contribution in [0.15, 0.2) is 42.5 Å². The molecule has 11 heteroatoms. The lowest BCUT2D eigenvalue weighted by atomic mass is 10.00. The van der Waals surface area contributed by atoms with Crippen molar-refractivity contribution in [3.05, 3.63) is 48.0 Å². The van der Waals surface area contributed by atoms with Crippen LogP contribution in [0.2, 0.25) is 0 Å². The molecule has 3 heterocycles. The summed E-state index contributed by atoms with van der Waals surface area (Å²) in [5.74, 6) is 1.65. The summed E-state index contributed by atoms with van der Waals surface area (Å²) >= 11 is 0. The predicted octanol–water partition coefficient (Wildman–Crippen LogP) is 1.35. The molecule has 2 fully saturated rings. The molecule has 2 aliphatic heterocycles. The van der Waals surface area contributed by atoms with Crippen molar-refractivity contribution >= 4 is 41.0 Å². The number of hydrogen-bond donors (Lipinski definition) is 5. The van der Waals surface area contributed by atoms with Gasteiger partial charge in [0.25, 0.3) is 0 Å². The van der Waals surface area contributed by atoms with E-state index in [4.69, 9.17) is 37.9 Å². The van der Waals surface area contributed by atoms with Crippen molar-refractivity contribution in [1.82, 2.24) is 15.0 Å². The molecule has 2 aliphatic rings. The number of halogens is 1. The molecule has 10 nitrogen and oxygen atoms in total. The van der Waals surface area contributed by atoms with Gasteiger partial charge >= 0.3 is 0 Å². The summed E-state index contributed by atoms with van der Waals surface area (Å²) in [5.41, 5.74) is 26.2. The van der Waals surface area contributed by atoms with Crippen molar-refractivity contribution in [3.63, 3.8) is 0 Å². The lowest BCUT2D eigenvalue weighted by Gasteiger charge is -2.37. The normalized spacial score (nSPS) is 25.4. The van der Waals surface area contributed by atoms with Crippen molar-refractivity contribution < 1.29 is 0 Å². The maximum atomic E-state index is 6.27. The van der Waals surface area contributed by atoms with Crippen LogP contribution in [0.3, 0.4) is 0 Å². The smallest absolute Gasteiger partial charge is 0.232 e. The number of hydrogen-bond acceptors (Lipinski definition) is 10. The molecule has 2 saturated heterocycles. The Morgan fingerprint density at radius 3 is 1.81 bits per heavy atom. The molecule has 0 aliphatic carbocycles. The maximum Gasteiger partial charge on any atom is 0.232 e. The number of nitrogens with one attached hydrogen (secondary N) is 1. The van der Waals surface area contributed by atoms with Crippen LogP contribution in [0.4, 0.5) is 17.8 Å². The lowest BCUT2D eigenvalue weighted by Crippen LogP contribution is -2.54. The zero-order chi connectivity index (χ0) is 24.5. The first-order valence-corrected chi connectivity index (χ1v) is 12.4. The quantitative estimate of drug-likeness (QED) is 0.337. The van der Waals surface area contributed by atoms with Gasteiger partial charge in [-0.3, -0.25) is 0 Å². The molecule has 0 bridgehead atoms. The van der Waals surface area contributed by atoms with Crippen molar-refractivity contribution in [2.24, 2.45) is 22.9 Å². The Morgan fingerprint density at radius 2 is 1.25 bits per heavy atom. The Balaban J connectivity index is 0.00000304. The van der Waals surface area contributed by atoms with Crippen LogP contribution in [-0.4, -0.2) is 65.3 Å². The molecule has 5 rings (SSSR count). The van der Waals surface area contributed by atoms with E-state index in [1.807, 2.05) is 0 Å². The Kier molecular flexibility index (Phi) is 8.11. The first kappa shape index (κ1) is 26.3. The van der Waals surface area contributed by atoms with Crippen molar-refractivity contribution in [1.29, 1.82) is 0 Å². The molecule has 36 heavy (non-hydrogen) atoms. The minimum Gasteiger partial charge on any atom is -0.347 e. The fourth-order valence-corrected chi connectivity index (χ4v) is 5.28. The summed E-state index contributed by atoms with van der Waals surface area (Å²) in [6.07, 6.45) is 1.57. The Morgan fingerprint density at radius 1 is 0.750 bits per heavy atom. The van der Waals surface area contributed by atoms with Crippen molar-refractivity contribution in [2.75, 3.05) is 41.3 Å². The van der Waals surface area contributed by atoms with Gasteiger partial charge in [-0.1, -0.05) is 42.5 Å². The minimum atomic E-state index is -0.0269. The second-order valence-corrected chi connectivity index (χ2v) is 10.0. The topological polar surface area (TPSA) is 161 Å². The summed E-state index contributed by atoms with van der Waals surface area (Å²) in [4.78, 5) is 18.5. The fourth-order valence-electron chi connectivity index (χ4n) is 5.28. The lowest BCUT2D eigenvalue weighted by molar-refractivity contribution is 0.441. The van der Waals surface area contributed by atoms with E-state index in [9.17, 15) is 0 Å². The van der Waals surface area contributed by atoms with Gasteiger partial charge in [-0.25, -0.2) is 0 Å². The van der Waals surface area contributed by atoms with Gasteiger partial charge < -0.3 is 38.1 Å². The highest BCUT2D eigenvalue weighted by molar-refractivity contribution is 5.86. The highest BCUT2D eigenvalue weighted by atomic mass is 35.5. The monoisotopic (exact) mass is 512 g/mol. The molecular formula is C25H37ClN10. The standard InChI is InChI=1S/C25H36N10.ClH/c1-15(21-8-4-6-16-5-2-3-7-22(16)21)30-23-31-24(34-11-17(26)9-18(27)12-34)33-25(32-23)35-13-19(28)10-20(29)14-35;/h2-8,15,17-20H,9-14,26-29H2,1H3,(H,30,31,32,33);1H/t15-,17-,18+,19-,20+;/m1./s1. The first-order chi connectivity index (χ1) is 16.9. The molecule has 9 N–H and O–H groups in total. The number of nitrogens with two attached hydrogens (primary N) is 4. The van der Waals surface area contributed by atoms with E-state index in [2.05, 4.69) is 64.5 Å². The second kappa shape index (κ2) is 11.1. The number of anilines is 3. The molecule has 0 unspecified atom stereocenters. The van der Waals surface area contributed by atoms with Crippen LogP contribution >= 0.6 is 12.4 Å². The van der Waals surface area contributed by atoms with Crippen LogP contribution in [-0.2, 0) is 0 Å². The molecule has 194 valence electrons. The molecule has 0 saturated carbocycles. The van der Waals surface area contributed by atoms with Crippen LogP contribution in [0.5, 0.6) is 0 Å². The van der Waals surface area contributed by atoms with Crippen molar-refractivity contribution in [2.45, 2.75) is 50.0 Å². The van der Waals surface area contributed by atoms with Gasteiger partial charge in [-0.2, -0.15) is 15.0 Å². The zero-order valence-electron chi connectivity index (χ0n) is 20.6. The number of benzene rings is 2. The average molecular weight is 513 g/mol. The van der Waals surface area contributed by atoms with E-state index >= 15 is 0 Å². The summed E-state index contributed by atoms with van der Waals surface area (Å²) in [5, 5.41) is 5.91. The van der Waals surface area contributed by atoms with Gasteiger partial charge in [0.05, 0.1) is 6.04 Å². The summed E-state index contributed by atoms with van der Waals surface area (Å²) in [6, 6.07) is 14.6. The average Bonchev–Trinajstić information content (AvgIpc) is 2.82. The van der Waals surface area contributed by atoms with E-state index in [0.29, 0.717) is 44.0 Å². The Labute approximate surface area is 218 Å². The number of fused-ring (bicyclic) bond motifs is 1. The molecule has 3 aromatic rings. The van der Waals surface area contributed by atoms with E-state index in [1.54, 1.807) is 0 Å². The molecule has 5 atom stereocenters. The van der Waals surface area contributed by atoms with Crippen LogP contribution in [0.1, 0.15) is 31.4 Å². The summed E-state index contributed by atoms with van der Waals surface area (Å²) in [7, 11) is 0. The maximum absolute atomic E-state index is 6.27. The van der Waals surface area contributed by atoms with Gasteiger partial charge in [0, 0.05) is 50.3 Å². The van der Waals surface area contributed by atoms with Crippen LogP contribution in [0.25, 0.3) is 10.8 Å². The minimum absolute atomic E-state index is 0. The second-order valence-electron chi connectivity index (χ2n) is 10.0. The van der Waals surface area contributed by atoms with Crippen LogP contribution < -0.4 is 38.1 Å². The first-order valence-electron chi connectivity index (χ1n) is 12.4. The molecule has 0 spiro atoms. The van der Waals surface area contributed by atoms with Gasteiger partial charge in [0.15, 0.2) is 0 Å². The molecule has 0 radical (unpaired) electrons. The number of nitrogens with zero attached hydrogens (tertiary/aromatic N) is 5. The Bertz CT molecular complexity index is 1110. The van der Waals surface area contributed by atoms with E-state index in [0.717, 1.165) is 12.8 Å². The predicted molar refractivity (Wildman–Crippen MR) is 149 cm³/mol. The summed E-state index contributed by atoms with van der Waals surface area (Å²) in [6.45, 7) is 4.70. The van der Waals surface area contributed by atoms with Gasteiger partial charge in [-0.15, -0.1) is 12.4 Å². The third-order valence-electron chi connectivity index (χ3n) is 6.84. The summed E-state index contributed by atoms with van der Waals surface area (Å²) < 4.78 is 0. The van der Waals surface area contributed by atoms with E-state index in [-0.39, 0.29) is 42.6 Å². The van der Waals surface area contributed by atoms with Crippen LogP contribution in [0, 0.1) is 0 Å². The number of rotatable bonds is 5. The fraction of sp³-hybridized carbons (Fsp3) is 0.480. The number of piperidine rings is 2. The molecule has 2 aromatic carbocycles. The SMILES string of the molecule is C[C@@H](Nc1nc(N2C[C@H](N)C[C@H](N)C2)nc(N2C[C@H](N)C[C@H](N)C2)n1)c1cccc2ccccc12.Cl. The van der Waals surface area contributed by atoms with Crippen molar-refractivity contribution in [3.8, 4) is 0 Å². The van der Waals surface area contributed by atoms with Gasteiger partial charge in [0.1, 0.15) is 0 Å². The van der Waals surface area contributed by atoms with Gasteiger partial charge in [-0.05, 0) is 36.1 Å². The molecule has 0 amide bonds. The largest absolute Gasteiger partial charge is 0.347 e. The van der Waals surface area contributed by atoms with Gasteiger partial charge in [0.2, 0.25) is 17.8 Å². The Hall–Kier alpha value is -2.76. The van der Waals surface area contributed by atoms with E-state index < -0.39 is 0 Å². The highest BCUT2D eigenvalue weighted by Gasteiger charge is 2.29. The van der Waals surface area contributed by atoms with E-state index in [1.165, 1.54) is 16.3 Å². The highest BCUT2D eigenvalue weighted by Crippen LogP contribution is 2.28. The third-order valence-corrected chi connectivity index (χ3v) is 6.84. The molecule has 1 aromatic heterocycles. The number of aromatic nitrogens is 3. The third kappa shape index (κ3) is 5.79. The molecular weight excluding hydrogens is 476 g/mol. The zero-order valence-corrected chi connectivity index (χ0v) is 21.4.